The summed E-state index contributed by atoms with van der Waals surface area (Å²) in [5, 5.41) is 6.73. The van der Waals surface area contributed by atoms with E-state index in [1.54, 1.807) is 20.3 Å². The van der Waals surface area contributed by atoms with Gasteiger partial charge in [0.05, 0.1) is 33.5 Å². The summed E-state index contributed by atoms with van der Waals surface area (Å²) in [6.45, 7) is 0.597. The highest BCUT2D eigenvalue weighted by Gasteiger charge is 2.48. The molecule has 0 bridgehead atoms. The van der Waals surface area contributed by atoms with Gasteiger partial charge in [0.25, 0.3) is 0 Å². The number of nitrogens with one attached hydrogen (secondary N) is 2. The Balaban J connectivity index is 1.56. The number of anilines is 1. The van der Waals surface area contributed by atoms with Crippen LogP contribution in [0.2, 0.25) is 0 Å². The van der Waals surface area contributed by atoms with E-state index >= 15 is 0 Å². The molecule has 0 radical (unpaired) electrons. The number of benzene rings is 1. The Morgan fingerprint density at radius 1 is 1.19 bits per heavy atom. The average molecular weight is 397 g/mol. The molecule has 3 rings (SSSR count). The third-order valence-corrected chi connectivity index (χ3v) is 4.59. The van der Waals surface area contributed by atoms with Gasteiger partial charge in [0.15, 0.2) is 5.11 Å². The molecule has 4 N–H and O–H groups in total. The lowest BCUT2D eigenvalue weighted by Gasteiger charge is -2.20. The maximum atomic E-state index is 10.9. The largest absolute Gasteiger partial charge is 0.497 e. The summed E-state index contributed by atoms with van der Waals surface area (Å²) in [5.74, 6) is 0.778. The van der Waals surface area contributed by atoms with E-state index in [0.29, 0.717) is 29.8 Å². The van der Waals surface area contributed by atoms with Crippen LogP contribution in [0.15, 0.2) is 18.2 Å². The smallest absolute Gasteiger partial charge is 0.243 e. The highest BCUT2D eigenvalue weighted by atomic mass is 32.1. The van der Waals surface area contributed by atoms with Gasteiger partial charge < -0.3 is 40.1 Å². The Labute approximate surface area is 162 Å². The van der Waals surface area contributed by atoms with Crippen LogP contribution >= 0.6 is 12.2 Å². The fraction of sp³-hybridized carbons (Fsp3) is 0.529. The Morgan fingerprint density at radius 2 is 1.85 bits per heavy atom. The monoisotopic (exact) mass is 397 g/mol. The molecule has 4 unspecified atom stereocenters. The van der Waals surface area contributed by atoms with E-state index in [0.717, 1.165) is 5.69 Å². The molecule has 27 heavy (non-hydrogen) atoms. The van der Waals surface area contributed by atoms with Crippen molar-refractivity contribution in [2.45, 2.75) is 24.4 Å². The number of hydrogen-bond donors (Lipinski definition) is 3. The van der Waals surface area contributed by atoms with Gasteiger partial charge in [-0.25, -0.2) is 0 Å². The minimum atomic E-state index is -0.523. The van der Waals surface area contributed by atoms with Crippen molar-refractivity contribution in [1.82, 2.24) is 5.32 Å². The molecule has 0 saturated carbocycles. The second-order valence-electron chi connectivity index (χ2n) is 6.22. The van der Waals surface area contributed by atoms with E-state index in [4.69, 9.17) is 41.6 Å². The minimum Gasteiger partial charge on any atom is -0.497 e. The number of primary amides is 1. The van der Waals surface area contributed by atoms with Crippen LogP contribution in [0.4, 0.5) is 5.69 Å². The van der Waals surface area contributed by atoms with E-state index in [2.05, 4.69) is 10.6 Å². The fourth-order valence-electron chi connectivity index (χ4n) is 3.14. The number of carbonyl (C=O) groups is 1. The van der Waals surface area contributed by atoms with Crippen LogP contribution in [0.1, 0.15) is 0 Å². The normalized spacial score (nSPS) is 26.3. The second-order valence-corrected chi connectivity index (χ2v) is 6.63. The number of nitrogens with two attached hydrogens (primary N) is 1. The SMILES string of the molecule is COc1cc(NC(=S)NC2COC3C(OCC(N)=O)COC23)cc(OC)c1. The minimum absolute atomic E-state index is 0.135. The highest BCUT2D eigenvalue weighted by Crippen LogP contribution is 2.29. The summed E-state index contributed by atoms with van der Waals surface area (Å²) in [5.41, 5.74) is 5.85. The lowest BCUT2D eigenvalue weighted by molar-refractivity contribution is -0.126. The highest BCUT2D eigenvalue weighted by molar-refractivity contribution is 7.80. The van der Waals surface area contributed by atoms with Crippen molar-refractivity contribution >= 4 is 28.9 Å². The molecular weight excluding hydrogens is 374 g/mol. The number of thiocarbonyl (C=S) groups is 1. The third-order valence-electron chi connectivity index (χ3n) is 4.37. The van der Waals surface area contributed by atoms with E-state index in [1.165, 1.54) is 0 Å². The summed E-state index contributed by atoms with van der Waals surface area (Å²) in [6, 6.07) is 5.26. The van der Waals surface area contributed by atoms with Crippen LogP contribution in [0.25, 0.3) is 0 Å². The summed E-state index contributed by atoms with van der Waals surface area (Å²) >= 11 is 5.40. The molecule has 2 heterocycles. The Morgan fingerprint density at radius 3 is 2.48 bits per heavy atom. The molecule has 0 aliphatic carbocycles. The van der Waals surface area contributed by atoms with E-state index in [9.17, 15) is 4.79 Å². The first-order valence-electron chi connectivity index (χ1n) is 8.44. The van der Waals surface area contributed by atoms with Crippen LogP contribution < -0.4 is 25.8 Å². The summed E-state index contributed by atoms with van der Waals surface area (Å²) in [7, 11) is 3.17. The van der Waals surface area contributed by atoms with Gasteiger partial charge >= 0.3 is 0 Å². The third kappa shape index (κ3) is 4.78. The van der Waals surface area contributed by atoms with Crippen LogP contribution in [0.5, 0.6) is 11.5 Å². The second kappa shape index (κ2) is 8.70. The number of rotatable bonds is 7. The molecule has 2 fully saturated rings. The maximum Gasteiger partial charge on any atom is 0.243 e. The molecule has 2 aliphatic rings. The zero-order chi connectivity index (χ0) is 19.4. The first-order chi connectivity index (χ1) is 13.0. The predicted molar refractivity (Wildman–Crippen MR) is 101 cm³/mol. The molecule has 4 atom stereocenters. The molecule has 2 saturated heterocycles. The summed E-state index contributed by atoms with van der Waals surface area (Å²) in [4.78, 5) is 10.9. The molecule has 9 nitrogen and oxygen atoms in total. The van der Waals surface area contributed by atoms with E-state index in [-0.39, 0.29) is 31.0 Å². The Kier molecular flexibility index (Phi) is 6.32. The Hall–Kier alpha value is -2.14. The van der Waals surface area contributed by atoms with Gasteiger partial charge in [0.1, 0.15) is 36.4 Å². The van der Waals surface area contributed by atoms with Crippen molar-refractivity contribution in [3.63, 3.8) is 0 Å². The molecule has 0 spiro atoms. The predicted octanol–water partition coefficient (Wildman–Crippen LogP) is 0.0269. The van der Waals surface area contributed by atoms with Crippen LogP contribution in [0, 0.1) is 0 Å². The van der Waals surface area contributed by atoms with Gasteiger partial charge in [-0.2, -0.15) is 0 Å². The average Bonchev–Trinajstić information content (AvgIpc) is 3.22. The number of ether oxygens (including phenoxy) is 5. The molecule has 148 valence electrons. The topological polar surface area (TPSA) is 113 Å². The number of carbonyl (C=O) groups excluding carboxylic acids is 1. The lowest BCUT2D eigenvalue weighted by Crippen LogP contribution is -2.46. The molecule has 1 amide bonds. The standard InChI is InChI=1S/C17H23N3O6S/c1-22-10-3-9(4-11(5-10)23-2)19-17(27)20-12-6-25-16-13(7-26-15(12)16)24-8-14(18)21/h3-5,12-13,15-16H,6-8H2,1-2H3,(H2,18,21)(H2,19,20,27). The van der Waals surface area contributed by atoms with E-state index in [1.807, 2.05) is 12.1 Å². The van der Waals surface area contributed by atoms with Gasteiger partial charge in [0, 0.05) is 23.9 Å². The van der Waals surface area contributed by atoms with Crippen LogP contribution in [-0.4, -0.2) is 69.4 Å². The number of amides is 1. The zero-order valence-corrected chi connectivity index (χ0v) is 15.9. The number of fused-ring (bicyclic) bond motifs is 1. The zero-order valence-electron chi connectivity index (χ0n) is 15.1. The first-order valence-corrected chi connectivity index (χ1v) is 8.84. The van der Waals surface area contributed by atoms with Crippen LogP contribution in [0.3, 0.4) is 0 Å². The van der Waals surface area contributed by atoms with Gasteiger partial charge in [-0.15, -0.1) is 0 Å². The molecule has 1 aromatic rings. The molecule has 10 heteroatoms. The van der Waals surface area contributed by atoms with Crippen molar-refractivity contribution in [2.75, 3.05) is 39.4 Å². The summed E-state index contributed by atoms with van der Waals surface area (Å²) < 4.78 is 27.5. The van der Waals surface area contributed by atoms with Crippen molar-refractivity contribution in [3.8, 4) is 11.5 Å². The lowest BCUT2D eigenvalue weighted by atomic mass is 10.1. The molecular formula is C17H23N3O6S. The van der Waals surface area contributed by atoms with Gasteiger partial charge in [-0.1, -0.05) is 0 Å². The van der Waals surface area contributed by atoms with E-state index < -0.39 is 5.91 Å². The number of methoxy groups -OCH3 is 2. The number of hydrogen-bond acceptors (Lipinski definition) is 7. The van der Waals surface area contributed by atoms with Gasteiger partial charge in [-0.3, -0.25) is 4.79 Å². The van der Waals surface area contributed by atoms with Crippen molar-refractivity contribution in [3.05, 3.63) is 18.2 Å². The quantitative estimate of drug-likeness (QED) is 0.548. The fourth-order valence-corrected chi connectivity index (χ4v) is 3.40. The molecule has 2 aliphatic heterocycles. The van der Waals surface area contributed by atoms with Crippen molar-refractivity contribution in [2.24, 2.45) is 5.73 Å². The van der Waals surface area contributed by atoms with Crippen molar-refractivity contribution < 1.29 is 28.5 Å². The maximum absolute atomic E-state index is 10.9. The van der Waals surface area contributed by atoms with Crippen LogP contribution in [-0.2, 0) is 19.0 Å². The first kappa shape index (κ1) is 19.6. The Bertz CT molecular complexity index is 681. The van der Waals surface area contributed by atoms with Gasteiger partial charge in [-0.05, 0) is 12.2 Å². The van der Waals surface area contributed by atoms with Gasteiger partial charge in [0.2, 0.25) is 5.91 Å². The molecule has 0 aromatic heterocycles. The summed E-state index contributed by atoms with van der Waals surface area (Å²) in [6.07, 6.45) is -0.803. The molecule has 1 aromatic carbocycles. The van der Waals surface area contributed by atoms with Crippen molar-refractivity contribution in [1.29, 1.82) is 0 Å².